The van der Waals surface area contributed by atoms with E-state index in [4.69, 9.17) is 5.11 Å². The van der Waals surface area contributed by atoms with Gasteiger partial charge in [-0.05, 0) is 37.1 Å². The normalized spacial score (nSPS) is 11.2. The SMILES string of the molecule is CCC(CC)(CO)CNc1ccc(C(=O)NCCO)cc1. The minimum absolute atomic E-state index is 0.0668. The van der Waals surface area contributed by atoms with Gasteiger partial charge in [-0.1, -0.05) is 13.8 Å². The summed E-state index contributed by atoms with van der Waals surface area (Å²) in [6, 6.07) is 7.18. The third-order valence-electron chi connectivity index (χ3n) is 4.05. The zero-order valence-electron chi connectivity index (χ0n) is 12.9. The van der Waals surface area contributed by atoms with Gasteiger partial charge in [-0.25, -0.2) is 0 Å². The van der Waals surface area contributed by atoms with E-state index in [1.165, 1.54) is 0 Å². The van der Waals surface area contributed by atoms with E-state index in [1.807, 2.05) is 12.1 Å². The van der Waals surface area contributed by atoms with Crippen LogP contribution in [0.25, 0.3) is 0 Å². The Kier molecular flexibility index (Phi) is 7.19. The molecular weight excluding hydrogens is 268 g/mol. The fraction of sp³-hybridized carbons (Fsp3) is 0.562. The summed E-state index contributed by atoms with van der Waals surface area (Å²) in [6.45, 7) is 5.21. The first-order valence-electron chi connectivity index (χ1n) is 7.44. The second-order valence-electron chi connectivity index (χ2n) is 5.28. The van der Waals surface area contributed by atoms with Crippen LogP contribution in [0.1, 0.15) is 37.0 Å². The van der Waals surface area contributed by atoms with Crippen LogP contribution in [0.3, 0.4) is 0 Å². The van der Waals surface area contributed by atoms with Gasteiger partial charge in [-0.2, -0.15) is 0 Å². The Bertz CT molecular complexity index is 419. The number of rotatable bonds is 9. The molecule has 0 unspecified atom stereocenters. The molecule has 1 rings (SSSR count). The third-order valence-corrected chi connectivity index (χ3v) is 4.05. The van der Waals surface area contributed by atoms with Gasteiger partial charge in [0.2, 0.25) is 0 Å². The van der Waals surface area contributed by atoms with Crippen LogP contribution >= 0.6 is 0 Å². The van der Waals surface area contributed by atoms with Gasteiger partial charge in [-0.15, -0.1) is 0 Å². The lowest BCUT2D eigenvalue weighted by Crippen LogP contribution is -2.32. The molecule has 21 heavy (non-hydrogen) atoms. The number of carbonyl (C=O) groups is 1. The number of carbonyl (C=O) groups excluding carboxylic acids is 1. The Morgan fingerprint density at radius 1 is 1.14 bits per heavy atom. The molecular formula is C16H26N2O3. The molecule has 0 atom stereocenters. The molecule has 0 aromatic heterocycles. The fourth-order valence-corrected chi connectivity index (χ4v) is 2.08. The van der Waals surface area contributed by atoms with E-state index in [9.17, 15) is 9.90 Å². The van der Waals surface area contributed by atoms with Crippen molar-refractivity contribution in [1.29, 1.82) is 0 Å². The van der Waals surface area contributed by atoms with Gasteiger partial charge in [0, 0.05) is 29.8 Å². The first-order valence-corrected chi connectivity index (χ1v) is 7.44. The van der Waals surface area contributed by atoms with Crippen molar-refractivity contribution in [2.75, 3.05) is 31.6 Å². The number of aliphatic hydroxyl groups is 2. The number of nitrogens with one attached hydrogen (secondary N) is 2. The van der Waals surface area contributed by atoms with Crippen LogP contribution in [0.2, 0.25) is 0 Å². The smallest absolute Gasteiger partial charge is 0.251 e. The molecule has 118 valence electrons. The highest BCUT2D eigenvalue weighted by molar-refractivity contribution is 5.94. The van der Waals surface area contributed by atoms with Gasteiger partial charge >= 0.3 is 0 Å². The largest absolute Gasteiger partial charge is 0.396 e. The molecule has 5 nitrogen and oxygen atoms in total. The molecule has 1 aromatic carbocycles. The molecule has 0 aliphatic rings. The lowest BCUT2D eigenvalue weighted by atomic mass is 9.83. The molecule has 5 heteroatoms. The van der Waals surface area contributed by atoms with E-state index in [0.29, 0.717) is 12.1 Å². The molecule has 0 saturated carbocycles. The maximum atomic E-state index is 11.7. The first-order chi connectivity index (χ1) is 10.1. The van der Waals surface area contributed by atoms with Crippen molar-refractivity contribution in [3.05, 3.63) is 29.8 Å². The Morgan fingerprint density at radius 3 is 2.24 bits per heavy atom. The summed E-state index contributed by atoms with van der Waals surface area (Å²) >= 11 is 0. The lowest BCUT2D eigenvalue weighted by Gasteiger charge is -2.30. The number of benzene rings is 1. The van der Waals surface area contributed by atoms with Gasteiger partial charge in [0.1, 0.15) is 0 Å². The van der Waals surface area contributed by atoms with Crippen molar-refractivity contribution in [2.45, 2.75) is 26.7 Å². The summed E-state index contributed by atoms with van der Waals surface area (Å²) in [5.41, 5.74) is 1.39. The highest BCUT2D eigenvalue weighted by Crippen LogP contribution is 2.26. The van der Waals surface area contributed by atoms with Crippen molar-refractivity contribution in [3.8, 4) is 0 Å². The van der Waals surface area contributed by atoms with Crippen LogP contribution in [-0.4, -0.2) is 42.4 Å². The highest BCUT2D eigenvalue weighted by Gasteiger charge is 2.24. The van der Waals surface area contributed by atoms with Crippen molar-refractivity contribution in [2.24, 2.45) is 5.41 Å². The third kappa shape index (κ3) is 5.02. The van der Waals surface area contributed by atoms with Crippen LogP contribution in [0.5, 0.6) is 0 Å². The summed E-state index contributed by atoms with van der Waals surface area (Å²) in [7, 11) is 0. The quantitative estimate of drug-likeness (QED) is 0.558. The maximum Gasteiger partial charge on any atom is 0.251 e. The molecule has 0 aliphatic heterocycles. The average Bonchev–Trinajstić information content (AvgIpc) is 2.55. The van der Waals surface area contributed by atoms with Gasteiger partial charge < -0.3 is 20.8 Å². The molecule has 4 N–H and O–H groups in total. The minimum Gasteiger partial charge on any atom is -0.396 e. The second-order valence-corrected chi connectivity index (χ2v) is 5.28. The minimum atomic E-state index is -0.192. The maximum absolute atomic E-state index is 11.7. The highest BCUT2D eigenvalue weighted by atomic mass is 16.3. The monoisotopic (exact) mass is 294 g/mol. The van der Waals surface area contributed by atoms with E-state index < -0.39 is 0 Å². The van der Waals surface area contributed by atoms with Gasteiger partial charge in [0.25, 0.3) is 5.91 Å². The lowest BCUT2D eigenvalue weighted by molar-refractivity contribution is 0.0945. The van der Waals surface area contributed by atoms with Gasteiger partial charge in [0.05, 0.1) is 13.2 Å². The number of aliphatic hydroxyl groups excluding tert-OH is 2. The fourth-order valence-electron chi connectivity index (χ4n) is 2.08. The van der Waals surface area contributed by atoms with Crippen LogP contribution in [-0.2, 0) is 0 Å². The number of hydrogen-bond acceptors (Lipinski definition) is 4. The Hall–Kier alpha value is -1.59. The standard InChI is InChI=1S/C16H26N2O3/c1-3-16(4-2,12-20)11-18-14-7-5-13(6-8-14)15(21)17-9-10-19/h5-8,18-20H,3-4,9-12H2,1-2H3,(H,17,21). The molecule has 0 radical (unpaired) electrons. The summed E-state index contributed by atoms with van der Waals surface area (Å²) < 4.78 is 0. The van der Waals surface area contributed by atoms with Crippen molar-refractivity contribution in [1.82, 2.24) is 5.32 Å². The predicted octanol–water partition coefficient (Wildman–Crippen LogP) is 1.62. The van der Waals surface area contributed by atoms with E-state index in [-0.39, 0.29) is 31.1 Å². The first kappa shape index (κ1) is 17.5. The zero-order valence-corrected chi connectivity index (χ0v) is 12.9. The molecule has 0 bridgehead atoms. The summed E-state index contributed by atoms with van der Waals surface area (Å²) in [5, 5.41) is 24.1. The Labute approximate surface area is 126 Å². The number of hydrogen-bond donors (Lipinski definition) is 4. The summed E-state index contributed by atoms with van der Waals surface area (Å²) in [6.07, 6.45) is 1.82. The van der Waals surface area contributed by atoms with Crippen LogP contribution in [0.15, 0.2) is 24.3 Å². The molecule has 0 spiro atoms. The Balaban J connectivity index is 2.60. The number of amides is 1. The zero-order chi connectivity index (χ0) is 15.7. The number of anilines is 1. The van der Waals surface area contributed by atoms with Crippen LogP contribution < -0.4 is 10.6 Å². The topological polar surface area (TPSA) is 81.6 Å². The van der Waals surface area contributed by atoms with E-state index in [0.717, 1.165) is 18.5 Å². The van der Waals surface area contributed by atoms with E-state index in [1.54, 1.807) is 12.1 Å². The summed E-state index contributed by atoms with van der Waals surface area (Å²) in [4.78, 5) is 11.7. The van der Waals surface area contributed by atoms with Crippen LogP contribution in [0, 0.1) is 5.41 Å². The van der Waals surface area contributed by atoms with Crippen molar-refractivity contribution in [3.63, 3.8) is 0 Å². The summed E-state index contributed by atoms with van der Waals surface area (Å²) in [5.74, 6) is -0.192. The van der Waals surface area contributed by atoms with Crippen molar-refractivity contribution < 1.29 is 15.0 Å². The average molecular weight is 294 g/mol. The van der Waals surface area contributed by atoms with E-state index in [2.05, 4.69) is 24.5 Å². The van der Waals surface area contributed by atoms with Crippen molar-refractivity contribution >= 4 is 11.6 Å². The van der Waals surface area contributed by atoms with Gasteiger partial charge in [-0.3, -0.25) is 4.79 Å². The molecule has 1 amide bonds. The van der Waals surface area contributed by atoms with E-state index >= 15 is 0 Å². The predicted molar refractivity (Wildman–Crippen MR) is 84.5 cm³/mol. The molecule has 0 aliphatic carbocycles. The molecule has 0 heterocycles. The van der Waals surface area contributed by atoms with Gasteiger partial charge in [0.15, 0.2) is 0 Å². The molecule has 1 aromatic rings. The molecule has 0 saturated heterocycles. The van der Waals surface area contributed by atoms with Crippen LogP contribution in [0.4, 0.5) is 5.69 Å². The molecule has 0 fully saturated rings. The Morgan fingerprint density at radius 2 is 1.76 bits per heavy atom. The second kappa shape index (κ2) is 8.64.